The molecule has 0 atom stereocenters. The lowest BCUT2D eigenvalue weighted by Crippen LogP contribution is -2.18. The van der Waals surface area contributed by atoms with E-state index in [0.717, 1.165) is 0 Å². The summed E-state index contributed by atoms with van der Waals surface area (Å²) in [7, 11) is 1.55. The number of benzene rings is 1. The average molecular weight is 439 g/mol. The summed E-state index contributed by atoms with van der Waals surface area (Å²) in [6.45, 7) is 3.65. The van der Waals surface area contributed by atoms with Crippen LogP contribution in [-0.4, -0.2) is 23.9 Å². The molecule has 0 spiro atoms. The Bertz CT molecular complexity index is 745. The number of methoxy groups -OCH3 is 1. The maximum Gasteiger partial charge on any atom is 0.274 e. The van der Waals surface area contributed by atoms with Gasteiger partial charge in [-0.2, -0.15) is 0 Å². The Labute approximate surface area is 154 Å². The van der Waals surface area contributed by atoms with Gasteiger partial charge in [0.15, 0.2) is 5.75 Å². The van der Waals surface area contributed by atoms with Gasteiger partial charge in [0.25, 0.3) is 5.91 Å². The Kier molecular flexibility index (Phi) is 6.13. The molecule has 0 bridgehead atoms. The molecule has 1 aromatic heterocycles. The molecule has 126 valence electrons. The van der Waals surface area contributed by atoms with E-state index in [-0.39, 0.29) is 17.7 Å². The van der Waals surface area contributed by atoms with Gasteiger partial charge in [-0.25, -0.2) is 4.98 Å². The molecule has 2 rings (SSSR count). The van der Waals surface area contributed by atoms with Gasteiger partial charge in [-0.1, -0.05) is 13.8 Å². The quantitative estimate of drug-likeness (QED) is 0.552. The van der Waals surface area contributed by atoms with E-state index in [1.165, 1.54) is 0 Å². The van der Waals surface area contributed by atoms with Crippen molar-refractivity contribution in [3.8, 4) is 5.75 Å². The van der Waals surface area contributed by atoms with Crippen molar-refractivity contribution < 1.29 is 14.3 Å². The van der Waals surface area contributed by atoms with Gasteiger partial charge in [0.05, 0.1) is 7.11 Å². The first kappa shape index (κ1) is 18.2. The minimum Gasteiger partial charge on any atom is -0.494 e. The van der Waals surface area contributed by atoms with Crippen molar-refractivity contribution in [1.29, 1.82) is 0 Å². The van der Waals surface area contributed by atoms with Crippen molar-refractivity contribution in [2.24, 2.45) is 5.92 Å². The minimum atomic E-state index is -0.311. The van der Waals surface area contributed by atoms with Gasteiger partial charge in [0.1, 0.15) is 9.39 Å². The monoisotopic (exact) mass is 439 g/mol. The highest BCUT2D eigenvalue weighted by molar-refractivity contribution is 14.1. The van der Waals surface area contributed by atoms with Crippen LogP contribution in [0.2, 0.25) is 0 Å². The van der Waals surface area contributed by atoms with Gasteiger partial charge in [-0.3, -0.25) is 9.59 Å². The molecule has 0 unspecified atom stereocenters. The van der Waals surface area contributed by atoms with Gasteiger partial charge in [-0.05, 0) is 59.0 Å². The summed E-state index contributed by atoms with van der Waals surface area (Å²) in [5.41, 5.74) is 1.61. The van der Waals surface area contributed by atoms with E-state index in [1.54, 1.807) is 43.5 Å². The number of pyridine rings is 1. The Morgan fingerprint density at radius 1 is 1.04 bits per heavy atom. The highest BCUT2D eigenvalue weighted by atomic mass is 127. The number of nitrogens with zero attached hydrogens (tertiary/aromatic N) is 1. The number of hydrogen-bond acceptors (Lipinski definition) is 4. The number of anilines is 2. The van der Waals surface area contributed by atoms with Crippen LogP contribution in [0.4, 0.5) is 11.4 Å². The Morgan fingerprint density at radius 2 is 1.62 bits per heavy atom. The topological polar surface area (TPSA) is 80.3 Å². The molecule has 0 fully saturated rings. The van der Waals surface area contributed by atoms with Crippen molar-refractivity contribution >= 4 is 45.8 Å². The third-order valence-corrected chi connectivity index (χ3v) is 3.97. The van der Waals surface area contributed by atoms with Crippen LogP contribution >= 0.6 is 22.6 Å². The Morgan fingerprint density at radius 3 is 2.12 bits per heavy atom. The number of nitrogens with one attached hydrogen (secondary N) is 2. The first-order valence-corrected chi connectivity index (χ1v) is 8.41. The SMILES string of the molecule is COc1ccc(C(=O)Nc2ccc(NC(=O)C(C)C)cc2)nc1I. The van der Waals surface area contributed by atoms with E-state index in [0.29, 0.717) is 26.5 Å². The van der Waals surface area contributed by atoms with Crippen molar-refractivity contribution in [1.82, 2.24) is 4.98 Å². The van der Waals surface area contributed by atoms with Crippen LogP contribution in [-0.2, 0) is 4.79 Å². The molecule has 0 aliphatic rings. The average Bonchev–Trinajstić information content (AvgIpc) is 2.56. The van der Waals surface area contributed by atoms with Crippen molar-refractivity contribution in [2.75, 3.05) is 17.7 Å². The fourth-order valence-electron chi connectivity index (χ4n) is 1.82. The Hall–Kier alpha value is -2.16. The number of aromatic nitrogens is 1. The maximum absolute atomic E-state index is 12.2. The second kappa shape index (κ2) is 8.09. The van der Waals surface area contributed by atoms with Crippen LogP contribution in [0.15, 0.2) is 36.4 Å². The minimum absolute atomic E-state index is 0.0520. The summed E-state index contributed by atoms with van der Waals surface area (Å²) in [5.74, 6) is 0.170. The second-order valence-electron chi connectivity index (χ2n) is 5.36. The molecule has 1 heterocycles. The summed E-state index contributed by atoms with van der Waals surface area (Å²) < 4.78 is 5.74. The lowest BCUT2D eigenvalue weighted by atomic mass is 10.2. The summed E-state index contributed by atoms with van der Waals surface area (Å²) in [4.78, 5) is 28.1. The Balaban J connectivity index is 2.04. The zero-order chi connectivity index (χ0) is 17.7. The number of halogens is 1. The molecule has 0 radical (unpaired) electrons. The molecule has 2 aromatic rings. The summed E-state index contributed by atoms with van der Waals surface area (Å²) in [6.07, 6.45) is 0. The molecule has 1 aromatic carbocycles. The third kappa shape index (κ3) is 4.67. The van der Waals surface area contributed by atoms with E-state index >= 15 is 0 Å². The van der Waals surface area contributed by atoms with Crippen LogP contribution in [0.25, 0.3) is 0 Å². The van der Waals surface area contributed by atoms with Crippen LogP contribution in [0.5, 0.6) is 5.75 Å². The summed E-state index contributed by atoms with van der Waals surface area (Å²) >= 11 is 2.01. The van der Waals surface area contributed by atoms with Crippen LogP contribution in [0, 0.1) is 9.62 Å². The van der Waals surface area contributed by atoms with Gasteiger partial charge in [0.2, 0.25) is 5.91 Å². The van der Waals surface area contributed by atoms with E-state index in [9.17, 15) is 9.59 Å². The largest absolute Gasteiger partial charge is 0.494 e. The normalized spacial score (nSPS) is 10.4. The zero-order valence-corrected chi connectivity index (χ0v) is 15.7. The molecule has 7 heteroatoms. The fraction of sp³-hybridized carbons (Fsp3) is 0.235. The number of carbonyl (C=O) groups excluding carboxylic acids is 2. The van der Waals surface area contributed by atoms with Gasteiger partial charge in [0, 0.05) is 17.3 Å². The standard InChI is InChI=1S/C17H18IN3O3/c1-10(2)16(22)19-11-4-6-12(7-5-11)20-17(23)13-8-9-14(24-3)15(18)21-13/h4-10H,1-3H3,(H,19,22)(H,20,23). The molecule has 2 amide bonds. The molecule has 6 nitrogen and oxygen atoms in total. The first-order chi connectivity index (χ1) is 11.4. The van der Waals surface area contributed by atoms with Crippen molar-refractivity contribution in [3.05, 3.63) is 45.8 Å². The lowest BCUT2D eigenvalue weighted by Gasteiger charge is -2.09. The number of hydrogen-bond donors (Lipinski definition) is 2. The number of carbonyl (C=O) groups is 2. The molecule has 24 heavy (non-hydrogen) atoms. The van der Waals surface area contributed by atoms with Gasteiger partial charge in [-0.15, -0.1) is 0 Å². The van der Waals surface area contributed by atoms with Crippen LogP contribution in [0.3, 0.4) is 0 Å². The van der Waals surface area contributed by atoms with Crippen LogP contribution < -0.4 is 15.4 Å². The summed E-state index contributed by atoms with van der Waals surface area (Å²) in [6, 6.07) is 10.2. The molecule has 2 N–H and O–H groups in total. The molecule has 0 aliphatic heterocycles. The van der Waals surface area contributed by atoms with E-state index in [4.69, 9.17) is 4.74 Å². The van der Waals surface area contributed by atoms with E-state index in [1.807, 2.05) is 36.4 Å². The molecule has 0 saturated carbocycles. The molecule has 0 saturated heterocycles. The third-order valence-electron chi connectivity index (χ3n) is 3.20. The smallest absolute Gasteiger partial charge is 0.274 e. The van der Waals surface area contributed by atoms with Crippen molar-refractivity contribution in [2.45, 2.75) is 13.8 Å². The van der Waals surface area contributed by atoms with Gasteiger partial charge >= 0.3 is 0 Å². The first-order valence-electron chi connectivity index (χ1n) is 7.33. The van der Waals surface area contributed by atoms with E-state index < -0.39 is 0 Å². The maximum atomic E-state index is 12.2. The van der Waals surface area contributed by atoms with Gasteiger partial charge < -0.3 is 15.4 Å². The zero-order valence-electron chi connectivity index (χ0n) is 13.6. The van der Waals surface area contributed by atoms with Crippen LogP contribution in [0.1, 0.15) is 24.3 Å². The highest BCUT2D eigenvalue weighted by Gasteiger charge is 2.11. The second-order valence-corrected chi connectivity index (χ2v) is 6.39. The highest BCUT2D eigenvalue weighted by Crippen LogP contribution is 2.19. The number of amides is 2. The lowest BCUT2D eigenvalue weighted by molar-refractivity contribution is -0.118. The summed E-state index contributed by atoms with van der Waals surface area (Å²) in [5, 5.41) is 5.56. The fourth-order valence-corrected chi connectivity index (χ4v) is 2.48. The number of ether oxygens (including phenoxy) is 1. The molecule has 0 aliphatic carbocycles. The van der Waals surface area contributed by atoms with E-state index in [2.05, 4.69) is 15.6 Å². The molecular weight excluding hydrogens is 421 g/mol. The van der Waals surface area contributed by atoms with Crippen molar-refractivity contribution in [3.63, 3.8) is 0 Å². The molecular formula is C17H18IN3O3. The predicted octanol–water partition coefficient (Wildman–Crippen LogP) is 3.54. The number of rotatable bonds is 5. The predicted molar refractivity (Wildman–Crippen MR) is 101 cm³/mol.